The van der Waals surface area contributed by atoms with Gasteiger partial charge in [0, 0.05) is 12.7 Å². The monoisotopic (exact) mass is 293 g/mol. The van der Waals surface area contributed by atoms with Gasteiger partial charge in [0.2, 0.25) is 0 Å². The Labute approximate surface area is 123 Å². The third-order valence-corrected chi connectivity index (χ3v) is 2.43. The highest BCUT2D eigenvalue weighted by Crippen LogP contribution is 2.15. The Bertz CT molecular complexity index is 534. The lowest BCUT2D eigenvalue weighted by Crippen LogP contribution is -2.39. The van der Waals surface area contributed by atoms with Crippen molar-refractivity contribution in [2.24, 2.45) is 0 Å². The molecule has 1 heterocycles. The smallest absolute Gasteiger partial charge is 0.407 e. The number of aliphatic hydroxyl groups is 2. The van der Waals surface area contributed by atoms with Gasteiger partial charge in [0.05, 0.1) is 17.3 Å². The molecule has 0 aliphatic rings. The first-order chi connectivity index (χ1) is 9.73. The average molecular weight is 293 g/mol. The number of rotatable bonds is 4. The van der Waals surface area contributed by atoms with Crippen molar-refractivity contribution in [3.8, 4) is 6.07 Å². The summed E-state index contributed by atoms with van der Waals surface area (Å²) in [4.78, 5) is 15.3. The minimum absolute atomic E-state index is 0.160. The fourth-order valence-corrected chi connectivity index (χ4v) is 1.49. The maximum absolute atomic E-state index is 11.4. The van der Waals surface area contributed by atoms with Gasteiger partial charge in [-0.1, -0.05) is 0 Å². The van der Waals surface area contributed by atoms with E-state index in [0.717, 1.165) is 0 Å². The second kappa shape index (κ2) is 7.02. The number of aliphatic hydroxyl groups excluding tert-OH is 2. The van der Waals surface area contributed by atoms with Gasteiger partial charge in [-0.25, -0.2) is 4.79 Å². The summed E-state index contributed by atoms with van der Waals surface area (Å²) in [6.07, 6.45) is -1.90. The average Bonchev–Trinajstić information content (AvgIpc) is 2.42. The molecule has 21 heavy (non-hydrogen) atoms. The van der Waals surface area contributed by atoms with E-state index in [1.54, 1.807) is 20.8 Å². The first-order valence-corrected chi connectivity index (χ1v) is 6.42. The van der Waals surface area contributed by atoms with Gasteiger partial charge in [0.25, 0.3) is 0 Å². The van der Waals surface area contributed by atoms with Crippen LogP contribution in [0.25, 0.3) is 0 Å². The molecule has 2 unspecified atom stereocenters. The lowest BCUT2D eigenvalue weighted by Gasteiger charge is -2.22. The summed E-state index contributed by atoms with van der Waals surface area (Å²) in [7, 11) is 0. The van der Waals surface area contributed by atoms with Crippen LogP contribution in [0.3, 0.4) is 0 Å². The minimum atomic E-state index is -1.31. The van der Waals surface area contributed by atoms with E-state index in [0.29, 0.717) is 5.56 Å². The van der Waals surface area contributed by atoms with Crippen LogP contribution in [-0.2, 0) is 4.74 Å². The maximum Gasteiger partial charge on any atom is 0.407 e. The molecule has 2 atom stereocenters. The van der Waals surface area contributed by atoms with E-state index in [9.17, 15) is 15.0 Å². The van der Waals surface area contributed by atoms with E-state index >= 15 is 0 Å². The topological polar surface area (TPSA) is 115 Å². The summed E-state index contributed by atoms with van der Waals surface area (Å²) in [5.41, 5.74) is -0.157. The van der Waals surface area contributed by atoms with E-state index in [-0.39, 0.29) is 12.2 Å². The van der Waals surface area contributed by atoms with Crippen LogP contribution in [-0.4, -0.2) is 39.5 Å². The molecule has 0 aromatic carbocycles. The second-order valence-electron chi connectivity index (χ2n) is 5.48. The van der Waals surface area contributed by atoms with Crippen LogP contribution in [0.5, 0.6) is 0 Å². The molecule has 0 saturated heterocycles. The third-order valence-electron chi connectivity index (χ3n) is 2.43. The first kappa shape index (κ1) is 16.9. The number of alkyl carbamates (subject to hydrolysis) is 1. The molecule has 0 aliphatic carbocycles. The zero-order valence-electron chi connectivity index (χ0n) is 12.2. The molecular formula is C14H19N3O4. The van der Waals surface area contributed by atoms with Crippen molar-refractivity contribution in [1.82, 2.24) is 10.3 Å². The van der Waals surface area contributed by atoms with Crippen LogP contribution < -0.4 is 5.32 Å². The number of carbonyl (C=O) groups excluding carboxylic acids is 1. The van der Waals surface area contributed by atoms with Crippen molar-refractivity contribution in [1.29, 1.82) is 5.26 Å². The first-order valence-electron chi connectivity index (χ1n) is 6.42. The third kappa shape index (κ3) is 5.77. The van der Waals surface area contributed by atoms with Crippen LogP contribution in [0, 0.1) is 11.3 Å². The Morgan fingerprint density at radius 2 is 2.19 bits per heavy atom. The SMILES string of the molecule is CC(C)(C)OC(=O)NCC(O)C(O)c1cc(C#N)ccn1. The molecule has 0 aliphatic heterocycles. The number of nitrogens with one attached hydrogen (secondary N) is 1. The van der Waals surface area contributed by atoms with Gasteiger partial charge in [-0.05, 0) is 32.9 Å². The zero-order chi connectivity index (χ0) is 16.0. The molecule has 1 aromatic heterocycles. The van der Waals surface area contributed by atoms with E-state index < -0.39 is 23.9 Å². The van der Waals surface area contributed by atoms with Gasteiger partial charge < -0.3 is 20.3 Å². The number of amides is 1. The van der Waals surface area contributed by atoms with Crippen molar-refractivity contribution >= 4 is 6.09 Å². The minimum Gasteiger partial charge on any atom is -0.444 e. The van der Waals surface area contributed by atoms with E-state index in [1.165, 1.54) is 18.3 Å². The predicted molar refractivity (Wildman–Crippen MR) is 74.2 cm³/mol. The highest BCUT2D eigenvalue weighted by molar-refractivity contribution is 5.67. The van der Waals surface area contributed by atoms with E-state index in [4.69, 9.17) is 10.00 Å². The quantitative estimate of drug-likeness (QED) is 0.758. The molecule has 0 bridgehead atoms. The Morgan fingerprint density at radius 3 is 2.76 bits per heavy atom. The summed E-state index contributed by atoms with van der Waals surface area (Å²) < 4.78 is 5.01. The Morgan fingerprint density at radius 1 is 1.52 bits per heavy atom. The lowest BCUT2D eigenvalue weighted by molar-refractivity contribution is 0.0108. The molecule has 7 heteroatoms. The highest BCUT2D eigenvalue weighted by atomic mass is 16.6. The van der Waals surface area contributed by atoms with Crippen molar-refractivity contribution < 1.29 is 19.7 Å². The van der Waals surface area contributed by atoms with Crippen LogP contribution >= 0.6 is 0 Å². The summed E-state index contributed by atoms with van der Waals surface area (Å²) >= 11 is 0. The van der Waals surface area contributed by atoms with Crippen molar-refractivity contribution in [3.63, 3.8) is 0 Å². The molecule has 1 amide bonds. The van der Waals surface area contributed by atoms with Crippen LogP contribution in [0.15, 0.2) is 18.3 Å². The number of aromatic nitrogens is 1. The summed E-state index contributed by atoms with van der Waals surface area (Å²) in [6, 6.07) is 4.78. The van der Waals surface area contributed by atoms with Crippen molar-refractivity contribution in [3.05, 3.63) is 29.6 Å². The summed E-state index contributed by atoms with van der Waals surface area (Å²) in [5, 5.41) is 30.9. The van der Waals surface area contributed by atoms with Crippen molar-refractivity contribution in [2.45, 2.75) is 38.6 Å². The molecule has 0 spiro atoms. The highest BCUT2D eigenvalue weighted by Gasteiger charge is 2.22. The van der Waals surface area contributed by atoms with Crippen LogP contribution in [0.1, 0.15) is 38.1 Å². The maximum atomic E-state index is 11.4. The Kier molecular flexibility index (Phi) is 5.64. The molecule has 0 fully saturated rings. The lowest BCUT2D eigenvalue weighted by atomic mass is 10.1. The van der Waals surface area contributed by atoms with Gasteiger partial charge in [-0.15, -0.1) is 0 Å². The Balaban J connectivity index is 2.57. The number of ether oxygens (including phenoxy) is 1. The molecule has 7 nitrogen and oxygen atoms in total. The number of hydrogen-bond donors (Lipinski definition) is 3. The number of pyridine rings is 1. The van der Waals surface area contributed by atoms with Gasteiger partial charge in [-0.2, -0.15) is 5.26 Å². The fourth-order valence-electron chi connectivity index (χ4n) is 1.49. The molecule has 1 aromatic rings. The number of hydrogen-bond acceptors (Lipinski definition) is 6. The summed E-state index contributed by atoms with van der Waals surface area (Å²) in [5.74, 6) is 0. The molecule has 0 radical (unpaired) electrons. The van der Waals surface area contributed by atoms with Gasteiger partial charge in [0.15, 0.2) is 0 Å². The number of nitrogens with zero attached hydrogens (tertiary/aromatic N) is 2. The molecule has 3 N–H and O–H groups in total. The Hall–Kier alpha value is -2.17. The van der Waals surface area contributed by atoms with Gasteiger partial charge >= 0.3 is 6.09 Å². The standard InChI is InChI=1S/C14H19N3O4/c1-14(2,3)21-13(20)17-8-11(18)12(19)10-6-9(7-15)4-5-16-10/h4-6,11-12,18-19H,8H2,1-3H3,(H,17,20). The van der Waals surface area contributed by atoms with Crippen LogP contribution in [0.2, 0.25) is 0 Å². The van der Waals surface area contributed by atoms with Gasteiger partial charge in [-0.3, -0.25) is 4.98 Å². The van der Waals surface area contributed by atoms with E-state index in [2.05, 4.69) is 10.3 Å². The molecule has 0 saturated carbocycles. The van der Waals surface area contributed by atoms with Gasteiger partial charge in [0.1, 0.15) is 17.8 Å². The zero-order valence-corrected chi connectivity index (χ0v) is 12.2. The second-order valence-corrected chi connectivity index (χ2v) is 5.48. The van der Waals surface area contributed by atoms with Crippen molar-refractivity contribution in [2.75, 3.05) is 6.54 Å². The summed E-state index contributed by atoms with van der Waals surface area (Å²) in [6.45, 7) is 4.95. The molecular weight excluding hydrogens is 274 g/mol. The predicted octanol–water partition coefficient (Wildman–Crippen LogP) is 0.872. The molecule has 114 valence electrons. The number of nitriles is 1. The molecule has 1 rings (SSSR count). The van der Waals surface area contributed by atoms with Crippen LogP contribution in [0.4, 0.5) is 4.79 Å². The number of carbonyl (C=O) groups is 1. The normalized spacial score (nSPS) is 13.9. The fraction of sp³-hybridized carbons (Fsp3) is 0.500. The largest absolute Gasteiger partial charge is 0.444 e. The van der Waals surface area contributed by atoms with E-state index in [1.807, 2.05) is 6.07 Å².